The van der Waals surface area contributed by atoms with Gasteiger partial charge in [0.25, 0.3) is 0 Å². The van der Waals surface area contributed by atoms with E-state index < -0.39 is 0 Å². The van der Waals surface area contributed by atoms with Crippen LogP contribution in [0.3, 0.4) is 0 Å². The van der Waals surface area contributed by atoms with E-state index in [9.17, 15) is 0 Å². The van der Waals surface area contributed by atoms with Crippen molar-refractivity contribution in [3.63, 3.8) is 0 Å². The van der Waals surface area contributed by atoms with Crippen LogP contribution >= 0.6 is 0 Å². The van der Waals surface area contributed by atoms with E-state index in [1.807, 2.05) is 0 Å². The van der Waals surface area contributed by atoms with Crippen molar-refractivity contribution in [2.75, 3.05) is 13.6 Å². The first-order valence-corrected chi connectivity index (χ1v) is 4.23. The molecule has 1 fully saturated rings. The molecule has 0 radical (unpaired) electrons. The third-order valence-electron chi connectivity index (χ3n) is 2.03. The van der Waals surface area contributed by atoms with Gasteiger partial charge in [-0.1, -0.05) is 19.3 Å². The zero-order chi connectivity index (χ0) is 7.94. The quantitative estimate of drug-likeness (QED) is 0.497. The molecule has 0 aromatic heterocycles. The summed E-state index contributed by atoms with van der Waals surface area (Å²) >= 11 is 0. The molecule has 1 saturated carbocycles. The Labute approximate surface area is 67.3 Å². The van der Waals surface area contributed by atoms with Crippen molar-refractivity contribution in [1.29, 1.82) is 0 Å². The molecule has 0 heterocycles. The molecule has 0 spiro atoms. The van der Waals surface area contributed by atoms with Crippen LogP contribution in [0, 0.1) is 0 Å². The molecule has 0 saturated heterocycles. The van der Waals surface area contributed by atoms with Gasteiger partial charge in [-0.25, -0.2) is 0 Å². The average molecular weight is 160 g/mol. The monoisotopic (exact) mass is 160 g/mol. The highest BCUT2D eigenvalue weighted by atomic mass is 16.7. The number of ether oxygens (including phenoxy) is 2. The van der Waals surface area contributed by atoms with Crippen LogP contribution in [0.25, 0.3) is 0 Å². The van der Waals surface area contributed by atoms with E-state index in [0.29, 0.717) is 6.10 Å². The zero-order valence-corrected chi connectivity index (χ0v) is 6.79. The van der Waals surface area contributed by atoms with Crippen LogP contribution in [-0.4, -0.2) is 24.8 Å². The molecule has 0 aliphatic heterocycles. The third kappa shape index (κ3) is 3.70. The van der Waals surface area contributed by atoms with Gasteiger partial charge in [0.15, 0.2) is 0 Å². The topological polar surface area (TPSA) is 38.7 Å². The standard InChI is InChI=1S/C8H16O3/c9-6-10-7-11-8-4-2-1-3-5-8/h8-9H,1-7H2. The Bertz CT molecular complexity index is 89.3. The molecule has 1 aliphatic carbocycles. The maximum Gasteiger partial charge on any atom is 0.149 e. The van der Waals surface area contributed by atoms with Crippen molar-refractivity contribution in [2.24, 2.45) is 0 Å². The Morgan fingerprint density at radius 1 is 1.18 bits per heavy atom. The highest BCUT2D eigenvalue weighted by Crippen LogP contribution is 2.19. The van der Waals surface area contributed by atoms with Gasteiger partial charge in [-0.15, -0.1) is 0 Å². The van der Waals surface area contributed by atoms with Crippen LogP contribution in [0.5, 0.6) is 0 Å². The minimum Gasteiger partial charge on any atom is -0.371 e. The summed E-state index contributed by atoms with van der Waals surface area (Å²) in [6.07, 6.45) is 6.54. The molecule has 0 unspecified atom stereocenters. The molecule has 1 N–H and O–H groups in total. The summed E-state index contributed by atoms with van der Waals surface area (Å²) in [6, 6.07) is 0. The van der Waals surface area contributed by atoms with Gasteiger partial charge in [-0.2, -0.15) is 0 Å². The second kappa shape index (κ2) is 5.52. The predicted molar refractivity (Wildman–Crippen MR) is 41.0 cm³/mol. The van der Waals surface area contributed by atoms with Crippen molar-refractivity contribution in [3.05, 3.63) is 0 Å². The summed E-state index contributed by atoms with van der Waals surface area (Å²) < 4.78 is 10.0. The minimum absolute atomic E-state index is 0.237. The van der Waals surface area contributed by atoms with Crippen LogP contribution in [0.1, 0.15) is 32.1 Å². The highest BCUT2D eigenvalue weighted by molar-refractivity contribution is 4.64. The third-order valence-corrected chi connectivity index (χ3v) is 2.03. The summed E-state index contributed by atoms with van der Waals surface area (Å²) in [7, 11) is 0. The molecule has 3 heteroatoms. The first kappa shape index (κ1) is 8.97. The van der Waals surface area contributed by atoms with E-state index in [1.54, 1.807) is 0 Å². The Morgan fingerprint density at radius 3 is 2.55 bits per heavy atom. The second-order valence-corrected chi connectivity index (χ2v) is 2.88. The average Bonchev–Trinajstić information content (AvgIpc) is 2.07. The molecule has 0 aromatic rings. The molecule has 1 rings (SSSR count). The van der Waals surface area contributed by atoms with Gasteiger partial charge >= 0.3 is 0 Å². The van der Waals surface area contributed by atoms with Gasteiger partial charge < -0.3 is 14.6 Å². The molecule has 1 aliphatic rings. The van der Waals surface area contributed by atoms with Crippen molar-refractivity contribution in [1.82, 2.24) is 0 Å². The molecule has 66 valence electrons. The predicted octanol–water partition coefficient (Wildman–Crippen LogP) is 1.26. The van der Waals surface area contributed by atoms with E-state index in [2.05, 4.69) is 4.74 Å². The first-order valence-electron chi connectivity index (χ1n) is 4.23. The smallest absolute Gasteiger partial charge is 0.149 e. The van der Waals surface area contributed by atoms with E-state index in [4.69, 9.17) is 9.84 Å². The van der Waals surface area contributed by atoms with E-state index >= 15 is 0 Å². The van der Waals surface area contributed by atoms with Crippen LogP contribution in [0.4, 0.5) is 0 Å². The van der Waals surface area contributed by atoms with Crippen LogP contribution in [0.15, 0.2) is 0 Å². The maximum absolute atomic E-state index is 8.29. The lowest BCUT2D eigenvalue weighted by molar-refractivity contribution is -0.136. The second-order valence-electron chi connectivity index (χ2n) is 2.88. The van der Waals surface area contributed by atoms with E-state index in [-0.39, 0.29) is 13.6 Å². The van der Waals surface area contributed by atoms with Crippen molar-refractivity contribution < 1.29 is 14.6 Å². The van der Waals surface area contributed by atoms with Crippen molar-refractivity contribution in [3.8, 4) is 0 Å². The van der Waals surface area contributed by atoms with Crippen molar-refractivity contribution >= 4 is 0 Å². The Balaban J connectivity index is 1.96. The van der Waals surface area contributed by atoms with Gasteiger partial charge in [0, 0.05) is 0 Å². The number of aliphatic hydroxyl groups is 1. The molecule has 0 bridgehead atoms. The lowest BCUT2D eigenvalue weighted by Crippen LogP contribution is -2.18. The van der Waals surface area contributed by atoms with Gasteiger partial charge in [-0.3, -0.25) is 0 Å². The van der Waals surface area contributed by atoms with Crippen LogP contribution in [0.2, 0.25) is 0 Å². The SMILES string of the molecule is OCOCOC1CCCCC1. The highest BCUT2D eigenvalue weighted by Gasteiger charge is 2.12. The Hall–Kier alpha value is -0.120. The normalized spacial score (nSPS) is 20.5. The summed E-state index contributed by atoms with van der Waals surface area (Å²) in [4.78, 5) is 0. The van der Waals surface area contributed by atoms with Crippen molar-refractivity contribution in [2.45, 2.75) is 38.2 Å². The summed E-state index contributed by atoms with van der Waals surface area (Å²) in [5, 5.41) is 8.29. The minimum atomic E-state index is -0.243. The van der Waals surface area contributed by atoms with Crippen LogP contribution < -0.4 is 0 Å². The van der Waals surface area contributed by atoms with Gasteiger partial charge in [0.2, 0.25) is 0 Å². The number of hydrogen-bond acceptors (Lipinski definition) is 3. The largest absolute Gasteiger partial charge is 0.371 e. The van der Waals surface area contributed by atoms with Gasteiger partial charge in [0.05, 0.1) is 6.10 Å². The lowest BCUT2D eigenvalue weighted by Gasteiger charge is -2.21. The Kier molecular flexibility index (Phi) is 4.50. The van der Waals surface area contributed by atoms with E-state index in [1.165, 1.54) is 19.3 Å². The summed E-state index contributed by atoms with van der Waals surface area (Å²) in [6.45, 7) is -0.00606. The zero-order valence-electron chi connectivity index (χ0n) is 6.79. The Morgan fingerprint density at radius 2 is 1.91 bits per heavy atom. The molecule has 3 nitrogen and oxygen atoms in total. The molecule has 0 amide bonds. The molecular weight excluding hydrogens is 144 g/mol. The van der Waals surface area contributed by atoms with Gasteiger partial charge in [-0.05, 0) is 12.8 Å². The fourth-order valence-corrected chi connectivity index (χ4v) is 1.41. The lowest BCUT2D eigenvalue weighted by atomic mass is 9.98. The molecule has 11 heavy (non-hydrogen) atoms. The molecule has 0 aromatic carbocycles. The number of rotatable bonds is 4. The number of hydrogen-bond donors (Lipinski definition) is 1. The number of aliphatic hydroxyl groups excluding tert-OH is 1. The maximum atomic E-state index is 8.29. The summed E-state index contributed by atoms with van der Waals surface area (Å²) in [5.41, 5.74) is 0. The van der Waals surface area contributed by atoms with Crippen LogP contribution in [-0.2, 0) is 9.47 Å². The fourth-order valence-electron chi connectivity index (χ4n) is 1.41. The van der Waals surface area contributed by atoms with Gasteiger partial charge in [0.1, 0.15) is 13.6 Å². The fraction of sp³-hybridized carbons (Fsp3) is 1.00. The van der Waals surface area contributed by atoms with E-state index in [0.717, 1.165) is 12.8 Å². The first-order chi connectivity index (χ1) is 5.43. The molecule has 0 atom stereocenters. The summed E-state index contributed by atoms with van der Waals surface area (Å²) in [5.74, 6) is 0. The molecular formula is C8H16O3.